The van der Waals surface area contributed by atoms with Crippen molar-refractivity contribution in [1.82, 2.24) is 0 Å². The minimum Gasteiger partial charge on any atom is -0.310 e. The summed E-state index contributed by atoms with van der Waals surface area (Å²) in [5.74, 6) is 0. The van der Waals surface area contributed by atoms with Gasteiger partial charge in [-0.3, -0.25) is 0 Å². The second-order valence-corrected chi connectivity index (χ2v) is 17.8. The molecule has 2 aromatic heterocycles. The molecule has 61 heavy (non-hydrogen) atoms. The zero-order valence-corrected chi connectivity index (χ0v) is 34.8. The summed E-state index contributed by atoms with van der Waals surface area (Å²) in [5, 5.41) is 7.81. The van der Waals surface area contributed by atoms with Gasteiger partial charge in [0.2, 0.25) is 0 Å². The standard InChI is InChI=1S/C58H37NS2/c1-3-12-38(13-4-1)39-22-27-45(28-23-39)59(46-29-24-41(25-30-46)49-19-11-20-51-50-18-9-10-21-55(50)61-58(49)51)47-31-32-48(52(37-47)40-14-5-2-6-15-40)44-26-33-56-53(35-44)54-34-42-16-7-8-17-43(42)36-57(54)60-56/h1-37H. The Morgan fingerprint density at radius 1 is 0.262 bits per heavy atom. The van der Waals surface area contributed by atoms with Gasteiger partial charge in [-0.25, -0.2) is 0 Å². The SMILES string of the molecule is c1ccc(-c2ccc(N(c3ccc(-c4cccc5c4sc4ccccc45)cc3)c3ccc(-c4ccc5sc6cc7ccccc7cc6c5c4)c(-c4ccccc4)c3)cc2)cc1. The number of nitrogens with zero attached hydrogens (tertiary/aromatic N) is 1. The number of hydrogen-bond donors (Lipinski definition) is 0. The number of benzene rings is 10. The highest BCUT2D eigenvalue weighted by Gasteiger charge is 2.19. The van der Waals surface area contributed by atoms with Crippen molar-refractivity contribution in [2.75, 3.05) is 4.90 Å². The molecule has 286 valence electrons. The van der Waals surface area contributed by atoms with Crippen molar-refractivity contribution in [3.8, 4) is 44.5 Å². The molecule has 10 aromatic carbocycles. The Kier molecular flexibility index (Phi) is 8.62. The Labute approximate surface area is 362 Å². The maximum atomic E-state index is 2.40. The van der Waals surface area contributed by atoms with Crippen LogP contribution in [0.3, 0.4) is 0 Å². The third-order valence-electron chi connectivity index (χ3n) is 12.1. The zero-order valence-electron chi connectivity index (χ0n) is 33.1. The number of rotatable bonds is 7. The number of fused-ring (bicyclic) bond motifs is 7. The molecule has 3 heteroatoms. The van der Waals surface area contributed by atoms with Gasteiger partial charge < -0.3 is 4.90 Å². The molecule has 0 N–H and O–H groups in total. The molecule has 0 unspecified atom stereocenters. The van der Waals surface area contributed by atoms with E-state index in [1.807, 2.05) is 22.7 Å². The monoisotopic (exact) mass is 811 g/mol. The molecule has 12 aromatic rings. The minimum absolute atomic E-state index is 1.10. The molecule has 0 radical (unpaired) electrons. The van der Waals surface area contributed by atoms with Gasteiger partial charge >= 0.3 is 0 Å². The molecule has 0 saturated heterocycles. The third kappa shape index (κ3) is 6.29. The summed E-state index contributed by atoms with van der Waals surface area (Å²) in [6, 6.07) is 82.4. The van der Waals surface area contributed by atoms with E-state index in [0.29, 0.717) is 0 Å². The summed E-state index contributed by atoms with van der Waals surface area (Å²) < 4.78 is 5.28. The predicted octanol–water partition coefficient (Wildman–Crippen LogP) is 17.7. The lowest BCUT2D eigenvalue weighted by Crippen LogP contribution is -2.10. The predicted molar refractivity (Wildman–Crippen MR) is 266 cm³/mol. The van der Waals surface area contributed by atoms with E-state index in [4.69, 9.17) is 0 Å². The highest BCUT2D eigenvalue weighted by molar-refractivity contribution is 7.26. The first-order valence-corrected chi connectivity index (χ1v) is 22.4. The van der Waals surface area contributed by atoms with Crippen molar-refractivity contribution in [1.29, 1.82) is 0 Å². The van der Waals surface area contributed by atoms with E-state index in [1.54, 1.807) is 0 Å². The van der Waals surface area contributed by atoms with Crippen molar-refractivity contribution in [2.45, 2.75) is 0 Å². The van der Waals surface area contributed by atoms with Gasteiger partial charge in [0.1, 0.15) is 0 Å². The van der Waals surface area contributed by atoms with Gasteiger partial charge in [-0.2, -0.15) is 0 Å². The lowest BCUT2D eigenvalue weighted by molar-refractivity contribution is 1.28. The first kappa shape index (κ1) is 35.6. The van der Waals surface area contributed by atoms with E-state index in [0.717, 1.165) is 17.1 Å². The average Bonchev–Trinajstić information content (AvgIpc) is 3.89. The van der Waals surface area contributed by atoms with E-state index in [9.17, 15) is 0 Å². The van der Waals surface area contributed by atoms with Gasteiger partial charge in [0.05, 0.1) is 0 Å². The average molecular weight is 812 g/mol. The van der Waals surface area contributed by atoms with Crippen LogP contribution in [0.5, 0.6) is 0 Å². The Hall–Kier alpha value is -7.30. The Morgan fingerprint density at radius 3 is 1.59 bits per heavy atom. The second kappa shape index (κ2) is 14.8. The highest BCUT2D eigenvalue weighted by atomic mass is 32.1. The van der Waals surface area contributed by atoms with Gasteiger partial charge in [-0.15, -0.1) is 22.7 Å². The maximum absolute atomic E-state index is 2.40. The van der Waals surface area contributed by atoms with E-state index >= 15 is 0 Å². The minimum atomic E-state index is 1.10. The molecule has 0 saturated carbocycles. The first-order valence-electron chi connectivity index (χ1n) is 20.7. The van der Waals surface area contributed by atoms with Crippen molar-refractivity contribution in [2.24, 2.45) is 0 Å². The van der Waals surface area contributed by atoms with Gasteiger partial charge in [-0.05, 0) is 122 Å². The molecule has 0 spiro atoms. The van der Waals surface area contributed by atoms with Crippen LogP contribution in [0, 0.1) is 0 Å². The van der Waals surface area contributed by atoms with Crippen LogP contribution in [0.15, 0.2) is 224 Å². The van der Waals surface area contributed by atoms with E-state index in [-0.39, 0.29) is 0 Å². The van der Waals surface area contributed by atoms with E-state index in [1.165, 1.54) is 95.6 Å². The Bertz CT molecular complexity index is 3560. The second-order valence-electron chi connectivity index (χ2n) is 15.7. The molecule has 0 atom stereocenters. The van der Waals surface area contributed by atoms with Crippen LogP contribution in [0.2, 0.25) is 0 Å². The molecule has 0 aliphatic rings. The van der Waals surface area contributed by atoms with Crippen LogP contribution < -0.4 is 4.90 Å². The van der Waals surface area contributed by atoms with Crippen LogP contribution in [0.1, 0.15) is 0 Å². The summed E-state index contributed by atoms with van der Waals surface area (Å²) in [6.07, 6.45) is 0. The summed E-state index contributed by atoms with van der Waals surface area (Å²) in [4.78, 5) is 2.40. The lowest BCUT2D eigenvalue weighted by Gasteiger charge is -2.27. The van der Waals surface area contributed by atoms with Crippen molar-refractivity contribution >= 4 is 90.9 Å². The molecule has 0 aliphatic heterocycles. The fraction of sp³-hybridized carbons (Fsp3) is 0. The molecule has 0 aliphatic carbocycles. The smallest absolute Gasteiger partial charge is 0.0468 e. The summed E-state index contributed by atoms with van der Waals surface area (Å²) in [6.45, 7) is 0. The number of hydrogen-bond acceptors (Lipinski definition) is 3. The quantitative estimate of drug-likeness (QED) is 0.155. The third-order valence-corrected chi connectivity index (χ3v) is 14.4. The molecule has 2 heterocycles. The molecule has 1 nitrogen and oxygen atoms in total. The summed E-state index contributed by atoms with van der Waals surface area (Å²) >= 11 is 3.75. The van der Waals surface area contributed by atoms with Crippen LogP contribution in [0.25, 0.3) is 95.6 Å². The van der Waals surface area contributed by atoms with Gasteiger partial charge in [0.25, 0.3) is 0 Å². The van der Waals surface area contributed by atoms with Gasteiger partial charge in [0.15, 0.2) is 0 Å². The van der Waals surface area contributed by atoms with Crippen molar-refractivity contribution in [3.05, 3.63) is 224 Å². The van der Waals surface area contributed by atoms with E-state index in [2.05, 4.69) is 229 Å². The molecular formula is C58H37NS2. The number of anilines is 3. The normalized spacial score (nSPS) is 11.6. The molecule has 0 fully saturated rings. The Balaban J connectivity index is 1.00. The zero-order chi connectivity index (χ0) is 40.3. The van der Waals surface area contributed by atoms with Crippen LogP contribution >= 0.6 is 22.7 Å². The maximum Gasteiger partial charge on any atom is 0.0468 e. The van der Waals surface area contributed by atoms with Gasteiger partial charge in [-0.1, -0.05) is 158 Å². The molecule has 0 amide bonds. The fourth-order valence-corrected chi connectivity index (χ4v) is 11.4. The van der Waals surface area contributed by atoms with Gasteiger partial charge in [0, 0.05) is 57.4 Å². The van der Waals surface area contributed by atoms with E-state index < -0.39 is 0 Å². The van der Waals surface area contributed by atoms with Crippen LogP contribution in [-0.4, -0.2) is 0 Å². The fourth-order valence-electron chi connectivity index (χ4n) is 9.05. The first-order chi connectivity index (χ1) is 30.2. The highest BCUT2D eigenvalue weighted by Crippen LogP contribution is 2.45. The molecule has 12 rings (SSSR count). The summed E-state index contributed by atoms with van der Waals surface area (Å²) in [7, 11) is 0. The topological polar surface area (TPSA) is 3.24 Å². The lowest BCUT2D eigenvalue weighted by atomic mass is 9.92. The van der Waals surface area contributed by atoms with Crippen molar-refractivity contribution in [3.63, 3.8) is 0 Å². The largest absolute Gasteiger partial charge is 0.310 e. The molecule has 0 bridgehead atoms. The Morgan fingerprint density at radius 2 is 0.820 bits per heavy atom. The summed E-state index contributed by atoms with van der Waals surface area (Å²) in [5.41, 5.74) is 13.0. The van der Waals surface area contributed by atoms with Crippen LogP contribution in [0.4, 0.5) is 17.1 Å². The van der Waals surface area contributed by atoms with Crippen molar-refractivity contribution < 1.29 is 0 Å². The number of thiophene rings is 2. The van der Waals surface area contributed by atoms with Crippen LogP contribution in [-0.2, 0) is 0 Å². The molecular weight excluding hydrogens is 775 g/mol.